The largest absolute Gasteiger partial charge is 0.389 e. The number of hydrogen-bond acceptors (Lipinski definition) is 4. The summed E-state index contributed by atoms with van der Waals surface area (Å²) in [5, 5.41) is 8.82. The average Bonchev–Trinajstić information content (AvgIpc) is 1.76. The van der Waals surface area contributed by atoms with Crippen LogP contribution < -0.4 is 0 Å². The molecule has 1 saturated heterocycles. The third-order valence-electron chi connectivity index (χ3n) is 1.60. The number of aliphatic hydroxyl groups excluding tert-OH is 1. The van der Waals surface area contributed by atoms with Crippen LogP contribution in [-0.2, 0) is 14.6 Å². The van der Waals surface area contributed by atoms with Crippen LogP contribution in [0.2, 0.25) is 0 Å². The minimum atomic E-state index is -3.23. The summed E-state index contributed by atoms with van der Waals surface area (Å²) in [5.41, 5.74) is 0. The fraction of sp³-hybridized carbons (Fsp3) is 0.833. The molecule has 0 aromatic rings. The van der Waals surface area contributed by atoms with Crippen molar-refractivity contribution in [1.82, 2.24) is 4.90 Å². The zero-order valence-corrected chi connectivity index (χ0v) is 7.54. The summed E-state index contributed by atoms with van der Waals surface area (Å²) in [6.45, 7) is 0.517. The van der Waals surface area contributed by atoms with E-state index in [4.69, 9.17) is 5.11 Å². The Balaban J connectivity index is 2.41. The molecule has 70 valence electrons. The van der Waals surface area contributed by atoms with E-state index in [1.807, 2.05) is 0 Å². The number of carbonyl (C=O) groups excluding carboxylic acids is 1. The summed E-state index contributed by atoms with van der Waals surface area (Å²) in [7, 11) is -3.23. The number of rotatable bonds is 2. The van der Waals surface area contributed by atoms with Crippen LogP contribution >= 0.6 is 0 Å². The highest BCUT2D eigenvalue weighted by molar-refractivity contribution is 7.91. The number of amides is 1. The van der Waals surface area contributed by atoms with Gasteiger partial charge in [-0.15, -0.1) is 0 Å². The van der Waals surface area contributed by atoms with Crippen LogP contribution in [0.5, 0.6) is 0 Å². The van der Waals surface area contributed by atoms with Gasteiger partial charge in [-0.25, -0.2) is 8.42 Å². The van der Waals surface area contributed by atoms with Crippen molar-refractivity contribution in [3.05, 3.63) is 0 Å². The van der Waals surface area contributed by atoms with E-state index in [9.17, 15) is 13.2 Å². The topological polar surface area (TPSA) is 74.7 Å². The van der Waals surface area contributed by atoms with Crippen LogP contribution in [0.15, 0.2) is 0 Å². The third kappa shape index (κ3) is 2.46. The minimum absolute atomic E-state index is 0.258. The number of likely N-dealkylation sites (tertiary alicyclic amines) is 1. The van der Waals surface area contributed by atoms with E-state index >= 15 is 0 Å². The Morgan fingerprint density at radius 1 is 1.58 bits per heavy atom. The highest BCUT2D eigenvalue weighted by Crippen LogP contribution is 2.07. The fourth-order valence-corrected chi connectivity index (χ4v) is 1.61. The smallest absolute Gasteiger partial charge is 0.237 e. The molecule has 0 atom stereocenters. The first-order valence-electron chi connectivity index (χ1n) is 3.52. The maximum atomic E-state index is 11.0. The first-order valence-corrected chi connectivity index (χ1v) is 5.58. The number of carbonyl (C=O) groups is 1. The van der Waals surface area contributed by atoms with Crippen molar-refractivity contribution in [1.29, 1.82) is 0 Å². The van der Waals surface area contributed by atoms with Crippen LogP contribution in [0.1, 0.15) is 0 Å². The van der Waals surface area contributed by atoms with Crippen molar-refractivity contribution in [2.45, 2.75) is 6.10 Å². The van der Waals surface area contributed by atoms with Crippen molar-refractivity contribution in [3.63, 3.8) is 0 Å². The molecular weight excluding hydrogens is 182 g/mol. The predicted octanol–water partition coefficient (Wildman–Crippen LogP) is -1.77. The van der Waals surface area contributed by atoms with Crippen LogP contribution in [0.3, 0.4) is 0 Å². The van der Waals surface area contributed by atoms with Gasteiger partial charge in [-0.2, -0.15) is 0 Å². The maximum Gasteiger partial charge on any atom is 0.237 e. The lowest BCUT2D eigenvalue weighted by atomic mass is 10.2. The zero-order chi connectivity index (χ0) is 9.35. The van der Waals surface area contributed by atoms with Gasteiger partial charge in [-0.05, 0) is 0 Å². The second kappa shape index (κ2) is 3.02. The molecule has 1 aliphatic heterocycles. The molecule has 1 amide bonds. The minimum Gasteiger partial charge on any atom is -0.389 e. The summed E-state index contributed by atoms with van der Waals surface area (Å²) < 4.78 is 21.3. The van der Waals surface area contributed by atoms with Gasteiger partial charge < -0.3 is 10.0 Å². The Hall–Kier alpha value is -0.620. The van der Waals surface area contributed by atoms with Crippen molar-refractivity contribution in [2.75, 3.05) is 25.1 Å². The van der Waals surface area contributed by atoms with Crippen LogP contribution in [-0.4, -0.2) is 55.5 Å². The molecular formula is C6H11NO4S. The van der Waals surface area contributed by atoms with Gasteiger partial charge in [0, 0.05) is 19.3 Å². The lowest BCUT2D eigenvalue weighted by molar-refractivity contribution is -0.138. The van der Waals surface area contributed by atoms with Crippen molar-refractivity contribution >= 4 is 15.7 Å². The third-order valence-corrected chi connectivity index (χ3v) is 2.37. The normalized spacial score (nSPS) is 19.0. The lowest BCUT2D eigenvalue weighted by Crippen LogP contribution is -2.54. The molecule has 0 aliphatic carbocycles. The Labute approximate surface area is 70.9 Å². The maximum absolute atomic E-state index is 11.0. The predicted molar refractivity (Wildman–Crippen MR) is 42.3 cm³/mol. The molecule has 12 heavy (non-hydrogen) atoms. The van der Waals surface area contributed by atoms with Crippen molar-refractivity contribution < 1.29 is 18.3 Å². The summed E-state index contributed by atoms with van der Waals surface area (Å²) >= 11 is 0. The van der Waals surface area contributed by atoms with Gasteiger partial charge in [0.15, 0.2) is 9.84 Å². The number of nitrogens with zero attached hydrogens (tertiary/aromatic N) is 1. The monoisotopic (exact) mass is 193 g/mol. The second-order valence-corrected chi connectivity index (χ2v) is 5.16. The molecule has 0 saturated carbocycles. The molecule has 1 heterocycles. The molecule has 1 fully saturated rings. The quantitative estimate of drug-likeness (QED) is 0.563. The molecule has 0 bridgehead atoms. The first-order chi connectivity index (χ1) is 5.38. The summed E-state index contributed by atoms with van der Waals surface area (Å²) in [6.07, 6.45) is 0.537. The Bertz CT molecular complexity index is 278. The van der Waals surface area contributed by atoms with Gasteiger partial charge in [0.25, 0.3) is 0 Å². The van der Waals surface area contributed by atoms with E-state index in [0.717, 1.165) is 6.26 Å². The van der Waals surface area contributed by atoms with Gasteiger partial charge in [-0.3, -0.25) is 4.79 Å². The highest BCUT2D eigenvalue weighted by atomic mass is 32.2. The Kier molecular flexibility index (Phi) is 2.39. The Morgan fingerprint density at radius 2 is 2.08 bits per heavy atom. The van der Waals surface area contributed by atoms with Crippen LogP contribution in [0.25, 0.3) is 0 Å². The van der Waals surface area contributed by atoms with Gasteiger partial charge in [0.1, 0.15) is 5.75 Å². The molecule has 0 radical (unpaired) electrons. The van der Waals surface area contributed by atoms with E-state index < -0.39 is 27.6 Å². The molecule has 1 aliphatic rings. The van der Waals surface area contributed by atoms with E-state index in [-0.39, 0.29) is 13.1 Å². The van der Waals surface area contributed by atoms with Crippen molar-refractivity contribution in [3.8, 4) is 0 Å². The second-order valence-electron chi connectivity index (χ2n) is 3.02. The summed E-state index contributed by atoms with van der Waals surface area (Å²) in [5.74, 6) is -0.887. The summed E-state index contributed by atoms with van der Waals surface area (Å²) in [6, 6.07) is 0. The van der Waals surface area contributed by atoms with Crippen molar-refractivity contribution in [2.24, 2.45) is 0 Å². The van der Waals surface area contributed by atoms with E-state index in [1.54, 1.807) is 0 Å². The number of aliphatic hydroxyl groups is 1. The number of hydrogen-bond donors (Lipinski definition) is 1. The Morgan fingerprint density at radius 3 is 2.42 bits per heavy atom. The van der Waals surface area contributed by atoms with Crippen LogP contribution in [0, 0.1) is 0 Å². The SMILES string of the molecule is CS(=O)(=O)CC(=O)N1CC(O)C1. The van der Waals surface area contributed by atoms with Gasteiger partial charge in [-0.1, -0.05) is 0 Å². The number of β-amino-alcohol motifs (C(OH)–C–C–N with tert-alkyl or cyclic N) is 1. The van der Waals surface area contributed by atoms with Crippen LogP contribution in [0.4, 0.5) is 0 Å². The molecule has 0 aromatic carbocycles. The van der Waals surface area contributed by atoms with E-state index in [1.165, 1.54) is 4.90 Å². The van der Waals surface area contributed by atoms with Gasteiger partial charge >= 0.3 is 0 Å². The zero-order valence-electron chi connectivity index (χ0n) is 6.73. The lowest BCUT2D eigenvalue weighted by Gasteiger charge is -2.35. The van der Waals surface area contributed by atoms with E-state index in [2.05, 4.69) is 0 Å². The molecule has 5 nitrogen and oxygen atoms in total. The first kappa shape index (κ1) is 9.47. The molecule has 0 unspecified atom stereocenters. The van der Waals surface area contributed by atoms with E-state index in [0.29, 0.717) is 0 Å². The summed E-state index contributed by atoms with van der Waals surface area (Å²) in [4.78, 5) is 12.3. The molecule has 1 rings (SSSR count). The molecule has 6 heteroatoms. The van der Waals surface area contributed by atoms with Gasteiger partial charge in [0.2, 0.25) is 5.91 Å². The molecule has 1 N–H and O–H groups in total. The molecule has 0 aromatic heterocycles. The standard InChI is InChI=1S/C6H11NO4S/c1-12(10,11)4-6(9)7-2-5(8)3-7/h5,8H,2-4H2,1H3. The van der Waals surface area contributed by atoms with Gasteiger partial charge in [0.05, 0.1) is 6.10 Å². The highest BCUT2D eigenvalue weighted by Gasteiger charge is 2.30. The average molecular weight is 193 g/mol. The molecule has 0 spiro atoms. The number of sulfone groups is 1. The fourth-order valence-electron chi connectivity index (χ4n) is 0.975.